The van der Waals surface area contributed by atoms with Crippen molar-refractivity contribution in [3.8, 4) is 0 Å². The van der Waals surface area contributed by atoms with Crippen LogP contribution in [0.4, 0.5) is 5.69 Å². The third kappa shape index (κ3) is 4.29. The van der Waals surface area contributed by atoms with Gasteiger partial charge >= 0.3 is 0 Å². The van der Waals surface area contributed by atoms with E-state index in [-0.39, 0.29) is 0 Å². The van der Waals surface area contributed by atoms with Crippen LogP contribution in [0, 0.1) is 16.2 Å². The Morgan fingerprint density at radius 2 is 1.65 bits per heavy atom. The molecule has 0 aliphatic carbocycles. The molecule has 0 spiro atoms. The van der Waals surface area contributed by atoms with Crippen molar-refractivity contribution in [2.45, 2.75) is 47.0 Å². The van der Waals surface area contributed by atoms with Gasteiger partial charge < -0.3 is 0 Å². The highest BCUT2D eigenvalue weighted by molar-refractivity contribution is 5.39. The first kappa shape index (κ1) is 13.9. The fourth-order valence-corrected chi connectivity index (χ4v) is 2.18. The summed E-state index contributed by atoms with van der Waals surface area (Å²) in [5.41, 5.74) is 2.13. The number of nitrogens with zero attached hydrogens (tertiary/aromatic N) is 1. The zero-order valence-corrected chi connectivity index (χ0v) is 11.5. The lowest BCUT2D eigenvalue weighted by atomic mass is 9.76. The predicted octanol–water partition coefficient (Wildman–Crippen LogP) is 5.26. The van der Waals surface area contributed by atoms with Gasteiger partial charge in [-0.2, -0.15) is 0 Å². The van der Waals surface area contributed by atoms with Crippen molar-refractivity contribution in [2.75, 3.05) is 0 Å². The molecule has 0 aliphatic rings. The Balaban J connectivity index is 2.93. The van der Waals surface area contributed by atoms with Gasteiger partial charge in [-0.25, -0.2) is 0 Å². The summed E-state index contributed by atoms with van der Waals surface area (Å²) < 4.78 is 0. The van der Waals surface area contributed by atoms with Gasteiger partial charge in [0.1, 0.15) is 5.69 Å². The van der Waals surface area contributed by atoms with Gasteiger partial charge in [0.25, 0.3) is 0 Å². The first-order valence-corrected chi connectivity index (χ1v) is 6.27. The van der Waals surface area contributed by atoms with Crippen molar-refractivity contribution in [1.82, 2.24) is 0 Å². The van der Waals surface area contributed by atoms with Crippen molar-refractivity contribution >= 4 is 5.69 Å². The molecule has 1 rings (SSSR count). The largest absolute Gasteiger partial charge is 0.145 e. The van der Waals surface area contributed by atoms with Crippen molar-refractivity contribution in [1.29, 1.82) is 0 Å². The molecule has 0 saturated heterocycles. The van der Waals surface area contributed by atoms with Crippen LogP contribution in [0.1, 0.15) is 52.5 Å². The van der Waals surface area contributed by atoms with Gasteiger partial charge in [-0.05, 0) is 46.5 Å². The highest BCUT2D eigenvalue weighted by Gasteiger charge is 2.22. The van der Waals surface area contributed by atoms with Gasteiger partial charge in [0.2, 0.25) is 0 Å². The monoisotopic (exact) mass is 233 g/mol. The molecule has 0 radical (unpaired) electrons. The lowest BCUT2D eigenvalue weighted by Gasteiger charge is -2.29. The Morgan fingerprint density at radius 3 is 2.00 bits per heavy atom. The van der Waals surface area contributed by atoms with Gasteiger partial charge in [-0.3, -0.25) is 0 Å². The molecule has 94 valence electrons. The summed E-state index contributed by atoms with van der Waals surface area (Å²) >= 11 is 0. The first-order valence-electron chi connectivity index (χ1n) is 6.27. The van der Waals surface area contributed by atoms with E-state index in [1.54, 1.807) is 12.1 Å². The molecule has 1 atom stereocenters. The van der Waals surface area contributed by atoms with Crippen LogP contribution in [0.3, 0.4) is 0 Å². The maximum absolute atomic E-state index is 10.4. The summed E-state index contributed by atoms with van der Waals surface area (Å²) in [5.74, 6) is 1.14. The minimum atomic E-state index is 0.316. The smallest absolute Gasteiger partial charge is 0.108 e. The average Bonchev–Trinajstić information content (AvgIpc) is 2.25. The number of nitroso groups, excluding NO2 is 1. The minimum absolute atomic E-state index is 0.316. The lowest BCUT2D eigenvalue weighted by Crippen LogP contribution is -2.16. The Bertz CT molecular complexity index is 360. The maximum atomic E-state index is 10.4. The van der Waals surface area contributed by atoms with Crippen LogP contribution in [0.25, 0.3) is 0 Å². The van der Waals surface area contributed by atoms with Crippen LogP contribution in [0.5, 0.6) is 0 Å². The van der Waals surface area contributed by atoms with Crippen LogP contribution in [-0.4, -0.2) is 0 Å². The zero-order chi connectivity index (χ0) is 13.1. The molecule has 0 aliphatic heterocycles. The second kappa shape index (κ2) is 5.44. The molecular weight excluding hydrogens is 210 g/mol. The Kier molecular flexibility index (Phi) is 4.44. The molecule has 0 fully saturated rings. The molecule has 1 aromatic rings. The van der Waals surface area contributed by atoms with Gasteiger partial charge in [0.15, 0.2) is 0 Å². The van der Waals surface area contributed by atoms with Crippen LogP contribution in [0.2, 0.25) is 0 Å². The highest BCUT2D eigenvalue weighted by Crippen LogP contribution is 2.36. The van der Waals surface area contributed by atoms with Crippen LogP contribution in [0.15, 0.2) is 29.4 Å². The van der Waals surface area contributed by atoms with E-state index in [1.165, 1.54) is 5.56 Å². The van der Waals surface area contributed by atoms with Crippen LogP contribution in [-0.2, 0) is 0 Å². The lowest BCUT2D eigenvalue weighted by molar-refractivity contribution is 0.301. The van der Waals surface area contributed by atoms with Gasteiger partial charge in [-0.1, -0.05) is 46.8 Å². The topological polar surface area (TPSA) is 29.4 Å². The quantitative estimate of drug-likeness (QED) is 0.652. The molecule has 0 N–H and O–H groups in total. The van der Waals surface area contributed by atoms with Gasteiger partial charge in [0, 0.05) is 0 Å². The highest BCUT2D eigenvalue weighted by atomic mass is 16.3. The summed E-state index contributed by atoms with van der Waals surface area (Å²) in [6.07, 6.45) is 1.15. The molecule has 0 saturated carbocycles. The van der Waals surface area contributed by atoms with Crippen molar-refractivity contribution in [3.63, 3.8) is 0 Å². The summed E-state index contributed by atoms with van der Waals surface area (Å²) in [6, 6.07) is 7.68. The third-order valence-corrected chi connectivity index (χ3v) is 3.06. The van der Waals surface area contributed by atoms with Gasteiger partial charge in [-0.15, -0.1) is 4.91 Å². The van der Waals surface area contributed by atoms with Crippen molar-refractivity contribution in [3.05, 3.63) is 34.7 Å². The third-order valence-electron chi connectivity index (χ3n) is 3.06. The van der Waals surface area contributed by atoms with E-state index in [0.29, 0.717) is 22.9 Å². The molecule has 1 aromatic carbocycles. The molecule has 17 heavy (non-hydrogen) atoms. The van der Waals surface area contributed by atoms with Crippen LogP contribution < -0.4 is 0 Å². The molecule has 0 bridgehead atoms. The second-order valence-electron chi connectivity index (χ2n) is 6.30. The van der Waals surface area contributed by atoms with E-state index < -0.39 is 0 Å². The minimum Gasteiger partial charge on any atom is -0.145 e. The molecule has 0 heterocycles. The average molecular weight is 233 g/mol. The molecule has 0 aromatic heterocycles. The molecule has 2 heteroatoms. The van der Waals surface area contributed by atoms with E-state index >= 15 is 0 Å². The molecule has 2 nitrogen and oxygen atoms in total. The molecule has 0 amide bonds. The predicted molar refractivity (Wildman–Crippen MR) is 73.5 cm³/mol. The van der Waals surface area contributed by atoms with E-state index in [1.807, 2.05) is 12.1 Å². The number of hydrogen-bond acceptors (Lipinski definition) is 2. The fraction of sp³-hybridized carbons (Fsp3) is 0.600. The number of benzene rings is 1. The van der Waals surface area contributed by atoms with Crippen molar-refractivity contribution < 1.29 is 0 Å². The van der Waals surface area contributed by atoms with E-state index in [4.69, 9.17) is 0 Å². The summed E-state index contributed by atoms with van der Waals surface area (Å²) in [6.45, 7) is 11.3. The zero-order valence-electron chi connectivity index (χ0n) is 11.5. The summed E-state index contributed by atoms with van der Waals surface area (Å²) in [4.78, 5) is 10.4. The van der Waals surface area contributed by atoms with Gasteiger partial charge in [0.05, 0.1) is 0 Å². The van der Waals surface area contributed by atoms with E-state index in [2.05, 4.69) is 39.8 Å². The first-order chi connectivity index (χ1) is 7.83. The van der Waals surface area contributed by atoms with E-state index in [0.717, 1.165) is 6.42 Å². The standard InChI is InChI=1S/C15H23NO/c1-11(2)14(10-15(3,4)5)12-6-8-13(16-17)9-7-12/h6-9,11,14H,10H2,1-5H3. The SMILES string of the molecule is CC(C)C(CC(C)(C)C)c1ccc(N=O)cc1. The normalized spacial score (nSPS) is 13.8. The second-order valence-corrected chi connectivity index (χ2v) is 6.30. The van der Waals surface area contributed by atoms with Crippen molar-refractivity contribution in [2.24, 2.45) is 16.5 Å². The Hall–Kier alpha value is -1.18. The summed E-state index contributed by atoms with van der Waals surface area (Å²) in [5, 5.41) is 2.94. The van der Waals surface area contributed by atoms with Crippen LogP contribution >= 0.6 is 0 Å². The fourth-order valence-electron chi connectivity index (χ4n) is 2.18. The molecule has 1 unspecified atom stereocenters. The van der Waals surface area contributed by atoms with E-state index in [9.17, 15) is 4.91 Å². The Morgan fingerprint density at radius 1 is 1.12 bits per heavy atom. The summed E-state index contributed by atoms with van der Waals surface area (Å²) in [7, 11) is 0. The Labute approximate surface area is 104 Å². The number of rotatable bonds is 4. The number of hydrogen-bond donors (Lipinski definition) is 0. The maximum Gasteiger partial charge on any atom is 0.108 e. The molecular formula is C15H23NO.